The second-order valence-corrected chi connectivity index (χ2v) is 5.52. The summed E-state index contributed by atoms with van der Waals surface area (Å²) >= 11 is 0. The van der Waals surface area contributed by atoms with E-state index in [0.29, 0.717) is 32.8 Å². The van der Waals surface area contributed by atoms with Crippen molar-refractivity contribution in [3.05, 3.63) is 0 Å². The Morgan fingerprint density at radius 3 is 2.24 bits per heavy atom. The van der Waals surface area contributed by atoms with Gasteiger partial charge in [0.2, 0.25) is 11.8 Å². The Balaban J connectivity index is 1.76. The summed E-state index contributed by atoms with van der Waals surface area (Å²) in [6, 6.07) is -0.507. The zero-order valence-corrected chi connectivity index (χ0v) is 12.6. The van der Waals surface area contributed by atoms with Crippen molar-refractivity contribution in [2.24, 2.45) is 5.92 Å². The maximum Gasteiger partial charge on any atom is 0.409 e. The van der Waals surface area contributed by atoms with Crippen molar-refractivity contribution in [1.82, 2.24) is 15.1 Å². The molecule has 118 valence electrons. The summed E-state index contributed by atoms with van der Waals surface area (Å²) < 4.78 is 4.94. The van der Waals surface area contributed by atoms with Crippen molar-refractivity contribution in [1.29, 1.82) is 0 Å². The lowest BCUT2D eigenvalue weighted by atomic mass is 10.2. The summed E-state index contributed by atoms with van der Waals surface area (Å²) in [5, 5.41) is 2.76. The van der Waals surface area contributed by atoms with Crippen LogP contribution in [-0.2, 0) is 14.3 Å². The van der Waals surface area contributed by atoms with Gasteiger partial charge in [0.25, 0.3) is 0 Å². The standard InChI is InChI=1S/C14H23N3O4/c1-3-21-14(20)17-8-6-16(7-9-17)13(19)10(2)15-12(18)11-4-5-11/h10-11H,3-9H2,1-2H3,(H,15,18)/t10-/m1/s1. The minimum Gasteiger partial charge on any atom is -0.450 e. The van der Waals surface area contributed by atoms with Crippen LogP contribution in [0.3, 0.4) is 0 Å². The highest BCUT2D eigenvalue weighted by Crippen LogP contribution is 2.28. The third-order valence-electron chi connectivity index (χ3n) is 3.79. The number of hydrogen-bond donors (Lipinski definition) is 1. The summed E-state index contributed by atoms with van der Waals surface area (Å²) in [5.41, 5.74) is 0. The Bertz CT molecular complexity index is 414. The second kappa shape index (κ2) is 6.78. The summed E-state index contributed by atoms with van der Waals surface area (Å²) in [6.07, 6.45) is 1.51. The quantitative estimate of drug-likeness (QED) is 0.804. The molecule has 3 amide bonds. The SMILES string of the molecule is CCOC(=O)N1CCN(C(=O)[C@@H](C)NC(=O)C2CC2)CC1. The molecule has 1 atom stereocenters. The lowest BCUT2D eigenvalue weighted by Gasteiger charge is -2.35. The third kappa shape index (κ3) is 4.09. The van der Waals surface area contributed by atoms with Crippen LogP contribution in [-0.4, -0.2) is 66.5 Å². The van der Waals surface area contributed by atoms with E-state index in [1.807, 2.05) is 0 Å². The first kappa shape index (κ1) is 15.6. The molecule has 0 aromatic heterocycles. The van der Waals surface area contributed by atoms with Crippen molar-refractivity contribution in [3.8, 4) is 0 Å². The van der Waals surface area contributed by atoms with Crippen molar-refractivity contribution in [2.45, 2.75) is 32.7 Å². The van der Waals surface area contributed by atoms with Crippen LogP contribution in [0.2, 0.25) is 0 Å². The van der Waals surface area contributed by atoms with E-state index < -0.39 is 6.04 Å². The van der Waals surface area contributed by atoms with Crippen LogP contribution in [0.25, 0.3) is 0 Å². The summed E-state index contributed by atoms with van der Waals surface area (Å²) in [4.78, 5) is 38.8. The van der Waals surface area contributed by atoms with Gasteiger partial charge in [-0.25, -0.2) is 4.79 Å². The van der Waals surface area contributed by atoms with Gasteiger partial charge >= 0.3 is 6.09 Å². The Morgan fingerprint density at radius 1 is 1.14 bits per heavy atom. The molecule has 1 aliphatic carbocycles. The fraction of sp³-hybridized carbons (Fsp3) is 0.786. The van der Waals surface area contributed by atoms with E-state index in [-0.39, 0.29) is 23.8 Å². The summed E-state index contributed by atoms with van der Waals surface area (Å²) in [6.45, 7) is 5.70. The van der Waals surface area contributed by atoms with E-state index in [0.717, 1.165) is 12.8 Å². The smallest absolute Gasteiger partial charge is 0.409 e. The number of nitrogens with zero attached hydrogens (tertiary/aromatic N) is 2. The number of rotatable bonds is 4. The Morgan fingerprint density at radius 2 is 1.71 bits per heavy atom. The van der Waals surface area contributed by atoms with Crippen LogP contribution in [0.4, 0.5) is 4.79 Å². The third-order valence-corrected chi connectivity index (χ3v) is 3.79. The van der Waals surface area contributed by atoms with Crippen LogP contribution in [0, 0.1) is 5.92 Å². The fourth-order valence-corrected chi connectivity index (χ4v) is 2.34. The van der Waals surface area contributed by atoms with Crippen LogP contribution in [0.5, 0.6) is 0 Å². The predicted molar refractivity (Wildman–Crippen MR) is 75.5 cm³/mol. The number of hydrogen-bond acceptors (Lipinski definition) is 4. The van der Waals surface area contributed by atoms with Crippen molar-refractivity contribution in [2.75, 3.05) is 32.8 Å². The first-order valence-electron chi connectivity index (χ1n) is 7.53. The number of piperazine rings is 1. The highest BCUT2D eigenvalue weighted by atomic mass is 16.6. The molecule has 1 N–H and O–H groups in total. The van der Waals surface area contributed by atoms with E-state index in [9.17, 15) is 14.4 Å². The molecule has 1 aliphatic heterocycles. The zero-order chi connectivity index (χ0) is 15.4. The largest absolute Gasteiger partial charge is 0.450 e. The van der Waals surface area contributed by atoms with E-state index >= 15 is 0 Å². The van der Waals surface area contributed by atoms with E-state index in [4.69, 9.17) is 4.74 Å². The van der Waals surface area contributed by atoms with Crippen LogP contribution >= 0.6 is 0 Å². The van der Waals surface area contributed by atoms with Gasteiger partial charge in [-0.05, 0) is 26.7 Å². The Hall–Kier alpha value is -1.79. The molecule has 7 heteroatoms. The molecule has 0 aromatic carbocycles. The maximum absolute atomic E-state index is 12.3. The second-order valence-electron chi connectivity index (χ2n) is 5.52. The topological polar surface area (TPSA) is 79.0 Å². The average Bonchev–Trinajstić information content (AvgIpc) is 3.31. The zero-order valence-electron chi connectivity index (χ0n) is 12.6. The minimum absolute atomic E-state index is 0.0268. The van der Waals surface area contributed by atoms with Gasteiger partial charge in [0.1, 0.15) is 6.04 Å². The van der Waals surface area contributed by atoms with Crippen molar-refractivity contribution in [3.63, 3.8) is 0 Å². The molecule has 2 aliphatic rings. The Kier molecular flexibility index (Phi) is 5.03. The normalized spacial score (nSPS) is 19.9. The number of carbonyl (C=O) groups is 3. The summed E-state index contributed by atoms with van der Waals surface area (Å²) in [5.74, 6) is -0.0190. The fourth-order valence-electron chi connectivity index (χ4n) is 2.34. The number of nitrogens with one attached hydrogen (secondary N) is 1. The van der Waals surface area contributed by atoms with E-state index in [1.165, 1.54) is 0 Å². The molecule has 7 nitrogen and oxygen atoms in total. The molecular formula is C14H23N3O4. The van der Waals surface area contributed by atoms with Crippen LogP contribution in [0.1, 0.15) is 26.7 Å². The highest BCUT2D eigenvalue weighted by molar-refractivity contribution is 5.89. The lowest BCUT2D eigenvalue weighted by Crippen LogP contribution is -2.55. The summed E-state index contributed by atoms with van der Waals surface area (Å²) in [7, 11) is 0. The van der Waals surface area contributed by atoms with Gasteiger partial charge in [0, 0.05) is 32.1 Å². The predicted octanol–water partition coefficient (Wildman–Crippen LogP) is 0.202. The number of carbonyl (C=O) groups excluding carboxylic acids is 3. The van der Waals surface area contributed by atoms with Gasteiger partial charge in [-0.3, -0.25) is 9.59 Å². The minimum atomic E-state index is -0.507. The maximum atomic E-state index is 12.3. The first-order chi connectivity index (χ1) is 10.0. The molecule has 1 saturated heterocycles. The first-order valence-corrected chi connectivity index (χ1v) is 7.53. The van der Waals surface area contributed by atoms with Gasteiger partial charge < -0.3 is 19.9 Å². The molecule has 1 heterocycles. The molecule has 2 fully saturated rings. The molecule has 0 bridgehead atoms. The highest BCUT2D eigenvalue weighted by Gasteiger charge is 2.33. The van der Waals surface area contributed by atoms with Gasteiger partial charge in [-0.1, -0.05) is 0 Å². The van der Waals surface area contributed by atoms with Gasteiger partial charge in [-0.2, -0.15) is 0 Å². The molecule has 0 unspecified atom stereocenters. The van der Waals surface area contributed by atoms with Gasteiger partial charge in [0.15, 0.2) is 0 Å². The molecule has 0 aromatic rings. The molecule has 2 rings (SSSR count). The van der Waals surface area contributed by atoms with Gasteiger partial charge in [-0.15, -0.1) is 0 Å². The number of amides is 3. The lowest BCUT2D eigenvalue weighted by molar-refractivity contribution is -0.137. The van der Waals surface area contributed by atoms with E-state index in [2.05, 4.69) is 5.32 Å². The Labute approximate surface area is 124 Å². The van der Waals surface area contributed by atoms with Crippen molar-refractivity contribution < 1.29 is 19.1 Å². The molecule has 0 radical (unpaired) electrons. The molecule has 21 heavy (non-hydrogen) atoms. The van der Waals surface area contributed by atoms with Crippen LogP contribution < -0.4 is 5.32 Å². The van der Waals surface area contributed by atoms with E-state index in [1.54, 1.807) is 23.6 Å². The average molecular weight is 297 g/mol. The molecule has 1 saturated carbocycles. The van der Waals surface area contributed by atoms with Crippen molar-refractivity contribution >= 4 is 17.9 Å². The molecule has 0 spiro atoms. The van der Waals surface area contributed by atoms with Gasteiger partial charge in [0.05, 0.1) is 6.61 Å². The number of ether oxygens (including phenoxy) is 1. The van der Waals surface area contributed by atoms with Crippen LogP contribution in [0.15, 0.2) is 0 Å². The molecular weight excluding hydrogens is 274 g/mol. The monoisotopic (exact) mass is 297 g/mol.